The number of halogens is 2. The molecule has 2 N–H and O–H groups in total. The van der Waals surface area contributed by atoms with Gasteiger partial charge in [-0.2, -0.15) is 0 Å². The molecule has 0 bridgehead atoms. The first kappa shape index (κ1) is 17.0. The summed E-state index contributed by atoms with van der Waals surface area (Å²) in [5.41, 5.74) is 7.26. The predicted octanol–water partition coefficient (Wildman–Crippen LogP) is 4.61. The van der Waals surface area contributed by atoms with Crippen LogP contribution in [-0.4, -0.2) is 25.0 Å². The molecule has 1 unspecified atom stereocenters. The Morgan fingerprint density at radius 3 is 2.68 bits per heavy atom. The molecule has 4 heteroatoms. The average Bonchev–Trinajstić information content (AvgIpc) is 2.36. The summed E-state index contributed by atoms with van der Waals surface area (Å²) in [6.45, 7) is 4.39. The van der Waals surface area contributed by atoms with Gasteiger partial charge in [-0.1, -0.05) is 53.4 Å². The molecule has 2 nitrogen and oxygen atoms in total. The third-order valence-corrected chi connectivity index (χ3v) is 4.15. The highest BCUT2D eigenvalue weighted by Gasteiger charge is 2.11. The Labute approximate surface area is 130 Å². The first-order valence-corrected chi connectivity index (χ1v) is 8.10. The molecule has 0 saturated carbocycles. The Hall–Kier alpha value is -0.0900. The van der Waals surface area contributed by atoms with Crippen LogP contribution in [0.15, 0.2) is 22.7 Å². The fourth-order valence-corrected chi connectivity index (χ4v) is 2.87. The molecular weight excluding hydrogens is 324 g/mol. The zero-order valence-corrected chi connectivity index (χ0v) is 14.2. The number of benzene rings is 1. The van der Waals surface area contributed by atoms with E-state index < -0.39 is 0 Å². The van der Waals surface area contributed by atoms with Crippen molar-refractivity contribution < 1.29 is 0 Å². The van der Waals surface area contributed by atoms with Crippen molar-refractivity contribution in [1.82, 2.24) is 4.90 Å². The minimum Gasteiger partial charge on any atom is -0.324 e. The second-order valence-corrected chi connectivity index (χ2v) is 6.39. The van der Waals surface area contributed by atoms with Crippen LogP contribution in [0.4, 0.5) is 0 Å². The van der Waals surface area contributed by atoms with Gasteiger partial charge in [0.1, 0.15) is 0 Å². The molecule has 1 atom stereocenters. The smallest absolute Gasteiger partial charge is 0.0464 e. The molecule has 1 aromatic rings. The largest absolute Gasteiger partial charge is 0.324 e. The van der Waals surface area contributed by atoms with Crippen molar-refractivity contribution in [1.29, 1.82) is 0 Å². The molecule has 0 aliphatic rings. The van der Waals surface area contributed by atoms with Gasteiger partial charge >= 0.3 is 0 Å². The Morgan fingerprint density at radius 2 is 2.05 bits per heavy atom. The third-order valence-electron chi connectivity index (χ3n) is 3.33. The van der Waals surface area contributed by atoms with Gasteiger partial charge in [-0.15, -0.1) is 0 Å². The molecule has 19 heavy (non-hydrogen) atoms. The highest BCUT2D eigenvalue weighted by molar-refractivity contribution is 9.10. The second-order valence-electron chi connectivity index (χ2n) is 5.07. The standard InChI is InChI=1S/C15H24BrClN2/c1-3-4-5-9-19(2)10-8-15(18)13-7-6-12(16)11-14(13)17/h6-7,11,15H,3-5,8-10,18H2,1-2H3. The molecule has 0 amide bonds. The van der Waals surface area contributed by atoms with Gasteiger partial charge in [0.2, 0.25) is 0 Å². The van der Waals surface area contributed by atoms with Gasteiger partial charge in [-0.3, -0.25) is 0 Å². The molecule has 0 aliphatic heterocycles. The number of nitrogens with zero attached hydrogens (tertiary/aromatic N) is 1. The average molecular weight is 348 g/mol. The van der Waals surface area contributed by atoms with E-state index in [9.17, 15) is 0 Å². The van der Waals surface area contributed by atoms with Crippen molar-refractivity contribution in [2.75, 3.05) is 20.1 Å². The summed E-state index contributed by atoms with van der Waals surface area (Å²) >= 11 is 9.63. The summed E-state index contributed by atoms with van der Waals surface area (Å²) in [5, 5.41) is 0.746. The van der Waals surface area contributed by atoms with Crippen molar-refractivity contribution in [2.24, 2.45) is 5.73 Å². The maximum absolute atomic E-state index is 6.22. The van der Waals surface area contributed by atoms with E-state index in [1.165, 1.54) is 19.3 Å². The Bertz CT molecular complexity index is 384. The molecule has 1 aromatic carbocycles. The van der Waals surface area contributed by atoms with Gasteiger partial charge in [0, 0.05) is 15.5 Å². The molecule has 108 valence electrons. The molecule has 0 fully saturated rings. The van der Waals surface area contributed by atoms with Gasteiger partial charge in [0.25, 0.3) is 0 Å². The van der Waals surface area contributed by atoms with Crippen LogP contribution in [0.5, 0.6) is 0 Å². The topological polar surface area (TPSA) is 29.3 Å². The SMILES string of the molecule is CCCCCN(C)CCC(N)c1ccc(Br)cc1Cl. The van der Waals surface area contributed by atoms with Crippen LogP contribution in [-0.2, 0) is 0 Å². The van der Waals surface area contributed by atoms with E-state index in [0.717, 1.165) is 34.6 Å². The molecule has 0 radical (unpaired) electrons. The van der Waals surface area contributed by atoms with E-state index >= 15 is 0 Å². The Balaban J connectivity index is 2.40. The Morgan fingerprint density at radius 1 is 1.32 bits per heavy atom. The highest BCUT2D eigenvalue weighted by atomic mass is 79.9. The number of nitrogens with two attached hydrogens (primary N) is 1. The molecule has 0 aromatic heterocycles. The lowest BCUT2D eigenvalue weighted by atomic mass is 10.0. The molecular formula is C15H24BrClN2. The minimum absolute atomic E-state index is 0.00854. The lowest BCUT2D eigenvalue weighted by molar-refractivity contribution is 0.311. The predicted molar refractivity (Wildman–Crippen MR) is 87.7 cm³/mol. The molecule has 1 rings (SSSR count). The summed E-state index contributed by atoms with van der Waals surface area (Å²) in [6, 6.07) is 5.91. The molecule has 0 spiro atoms. The van der Waals surface area contributed by atoms with Crippen LogP contribution < -0.4 is 5.73 Å². The van der Waals surface area contributed by atoms with Crippen molar-refractivity contribution in [2.45, 2.75) is 38.6 Å². The first-order chi connectivity index (χ1) is 9.04. The summed E-state index contributed by atoms with van der Waals surface area (Å²) in [4.78, 5) is 2.35. The fraction of sp³-hybridized carbons (Fsp3) is 0.600. The van der Waals surface area contributed by atoms with Crippen LogP contribution >= 0.6 is 27.5 Å². The zero-order chi connectivity index (χ0) is 14.3. The zero-order valence-electron chi connectivity index (χ0n) is 11.8. The lowest BCUT2D eigenvalue weighted by Crippen LogP contribution is -2.24. The van der Waals surface area contributed by atoms with Gasteiger partial charge in [0.15, 0.2) is 0 Å². The van der Waals surface area contributed by atoms with Crippen molar-refractivity contribution >= 4 is 27.5 Å². The number of rotatable bonds is 8. The maximum Gasteiger partial charge on any atom is 0.0464 e. The summed E-state index contributed by atoms with van der Waals surface area (Å²) < 4.78 is 0.991. The van der Waals surface area contributed by atoms with E-state index in [-0.39, 0.29) is 6.04 Å². The highest BCUT2D eigenvalue weighted by Crippen LogP contribution is 2.26. The van der Waals surface area contributed by atoms with Crippen LogP contribution in [0, 0.1) is 0 Å². The Kier molecular flexibility index (Phi) is 8.00. The molecule has 0 aliphatic carbocycles. The van der Waals surface area contributed by atoms with Gasteiger partial charge in [-0.25, -0.2) is 0 Å². The van der Waals surface area contributed by atoms with Crippen molar-refractivity contribution in [3.63, 3.8) is 0 Å². The van der Waals surface area contributed by atoms with Crippen molar-refractivity contribution in [3.8, 4) is 0 Å². The minimum atomic E-state index is 0.00854. The first-order valence-electron chi connectivity index (χ1n) is 6.93. The van der Waals surface area contributed by atoms with E-state index in [1.54, 1.807) is 0 Å². The van der Waals surface area contributed by atoms with Crippen LogP contribution in [0.2, 0.25) is 5.02 Å². The van der Waals surface area contributed by atoms with Gasteiger partial charge in [0.05, 0.1) is 0 Å². The number of hydrogen-bond acceptors (Lipinski definition) is 2. The molecule has 0 heterocycles. The quantitative estimate of drug-likeness (QED) is 0.696. The number of unbranched alkanes of at least 4 members (excludes halogenated alkanes) is 2. The number of hydrogen-bond donors (Lipinski definition) is 1. The fourth-order valence-electron chi connectivity index (χ4n) is 2.06. The maximum atomic E-state index is 6.22. The van der Waals surface area contributed by atoms with Crippen LogP contribution in [0.3, 0.4) is 0 Å². The van der Waals surface area contributed by atoms with E-state index in [4.69, 9.17) is 17.3 Å². The van der Waals surface area contributed by atoms with E-state index in [2.05, 4.69) is 34.8 Å². The lowest BCUT2D eigenvalue weighted by Gasteiger charge is -2.20. The van der Waals surface area contributed by atoms with E-state index in [0.29, 0.717) is 0 Å². The van der Waals surface area contributed by atoms with Crippen LogP contribution in [0.25, 0.3) is 0 Å². The van der Waals surface area contributed by atoms with Gasteiger partial charge < -0.3 is 10.6 Å². The third kappa shape index (κ3) is 6.26. The second kappa shape index (κ2) is 8.96. The normalized spacial score (nSPS) is 12.9. The van der Waals surface area contributed by atoms with Gasteiger partial charge in [-0.05, 0) is 50.7 Å². The van der Waals surface area contributed by atoms with E-state index in [1.807, 2.05) is 18.2 Å². The summed E-state index contributed by atoms with van der Waals surface area (Å²) in [5.74, 6) is 0. The summed E-state index contributed by atoms with van der Waals surface area (Å²) in [6.07, 6.45) is 4.77. The van der Waals surface area contributed by atoms with Crippen LogP contribution in [0.1, 0.15) is 44.2 Å². The molecule has 0 saturated heterocycles. The summed E-state index contributed by atoms with van der Waals surface area (Å²) in [7, 11) is 2.16. The van der Waals surface area contributed by atoms with Crippen molar-refractivity contribution in [3.05, 3.63) is 33.3 Å². The monoisotopic (exact) mass is 346 g/mol.